The summed E-state index contributed by atoms with van der Waals surface area (Å²) in [6, 6.07) is 7.81. The first-order valence-corrected chi connectivity index (χ1v) is 6.25. The molecule has 1 amide bonds. The third-order valence-electron chi connectivity index (χ3n) is 3.28. The molecule has 1 aliphatic rings. The second kappa shape index (κ2) is 5.40. The van der Waals surface area contributed by atoms with Gasteiger partial charge in [-0.15, -0.1) is 0 Å². The Labute approximate surface area is 111 Å². The van der Waals surface area contributed by atoms with Gasteiger partial charge in [-0.1, -0.05) is 18.2 Å². The number of para-hydroxylation sites is 1. The van der Waals surface area contributed by atoms with E-state index < -0.39 is 12.1 Å². The van der Waals surface area contributed by atoms with Crippen LogP contribution in [0.2, 0.25) is 0 Å². The molecule has 0 aromatic heterocycles. The normalized spacial score (nSPS) is 19.1. The van der Waals surface area contributed by atoms with E-state index in [0.717, 1.165) is 17.7 Å². The highest BCUT2D eigenvalue weighted by Crippen LogP contribution is 2.31. The molecule has 1 aromatic carbocycles. The highest BCUT2D eigenvalue weighted by molar-refractivity contribution is 5.97. The molecular formula is C14H17NO4. The Balaban J connectivity index is 2.06. The molecule has 19 heavy (non-hydrogen) atoms. The van der Waals surface area contributed by atoms with Gasteiger partial charge >= 0.3 is 5.97 Å². The van der Waals surface area contributed by atoms with Crippen LogP contribution in [0.4, 0.5) is 5.69 Å². The molecule has 0 aliphatic carbocycles. The molecule has 1 N–H and O–H groups in total. The molecule has 0 saturated carbocycles. The number of hydrogen-bond acceptors (Lipinski definition) is 3. The molecular weight excluding hydrogens is 246 g/mol. The second-order valence-corrected chi connectivity index (χ2v) is 4.74. The maximum absolute atomic E-state index is 12.2. The third kappa shape index (κ3) is 2.76. The summed E-state index contributed by atoms with van der Waals surface area (Å²) in [7, 11) is 0. The van der Waals surface area contributed by atoms with Gasteiger partial charge in [0, 0.05) is 11.7 Å². The predicted molar refractivity (Wildman–Crippen MR) is 70.1 cm³/mol. The Bertz CT molecular complexity index is 500. The maximum Gasteiger partial charge on any atom is 0.332 e. The van der Waals surface area contributed by atoms with Crippen molar-refractivity contribution in [2.24, 2.45) is 0 Å². The molecule has 2 atom stereocenters. The topological polar surface area (TPSA) is 66.8 Å². The third-order valence-corrected chi connectivity index (χ3v) is 3.28. The van der Waals surface area contributed by atoms with Crippen LogP contribution < -0.4 is 4.90 Å². The van der Waals surface area contributed by atoms with Crippen LogP contribution in [0.25, 0.3) is 0 Å². The van der Waals surface area contributed by atoms with E-state index in [2.05, 4.69) is 0 Å². The quantitative estimate of drug-likeness (QED) is 0.893. The number of aliphatic carboxylic acids is 1. The van der Waals surface area contributed by atoms with Crippen molar-refractivity contribution in [3.05, 3.63) is 29.8 Å². The molecule has 1 aromatic rings. The van der Waals surface area contributed by atoms with Crippen molar-refractivity contribution >= 4 is 17.6 Å². The number of ether oxygens (including phenoxy) is 1. The van der Waals surface area contributed by atoms with Crippen molar-refractivity contribution in [2.75, 3.05) is 11.5 Å². The van der Waals surface area contributed by atoms with Gasteiger partial charge in [0.25, 0.3) is 5.91 Å². The van der Waals surface area contributed by atoms with Crippen molar-refractivity contribution in [3.8, 4) is 0 Å². The van der Waals surface area contributed by atoms with Crippen molar-refractivity contribution in [1.29, 1.82) is 0 Å². The average molecular weight is 263 g/mol. The number of hydrogen-bond donors (Lipinski definition) is 1. The van der Waals surface area contributed by atoms with E-state index in [0.29, 0.717) is 0 Å². The van der Waals surface area contributed by atoms with Gasteiger partial charge in [-0.25, -0.2) is 4.79 Å². The zero-order valence-electron chi connectivity index (χ0n) is 11.0. The van der Waals surface area contributed by atoms with Crippen LogP contribution in [0.5, 0.6) is 0 Å². The molecule has 102 valence electrons. The van der Waals surface area contributed by atoms with Gasteiger partial charge in [-0.05, 0) is 31.9 Å². The zero-order chi connectivity index (χ0) is 14.0. The molecule has 1 aliphatic heterocycles. The fourth-order valence-electron chi connectivity index (χ4n) is 2.28. The molecule has 0 spiro atoms. The van der Waals surface area contributed by atoms with Crippen LogP contribution in [0.1, 0.15) is 19.4 Å². The Morgan fingerprint density at radius 3 is 2.84 bits per heavy atom. The molecule has 2 rings (SSSR count). The summed E-state index contributed by atoms with van der Waals surface area (Å²) in [5.74, 6) is -1.27. The van der Waals surface area contributed by atoms with Crippen molar-refractivity contribution in [3.63, 3.8) is 0 Å². The number of carbonyl (C=O) groups excluding carboxylic acids is 1. The van der Waals surface area contributed by atoms with Crippen LogP contribution in [0.15, 0.2) is 24.3 Å². The van der Waals surface area contributed by atoms with Gasteiger partial charge in [-0.2, -0.15) is 0 Å². The number of nitrogens with zero attached hydrogens (tertiary/aromatic N) is 1. The van der Waals surface area contributed by atoms with Gasteiger partial charge < -0.3 is 14.7 Å². The number of fused-ring (bicyclic) bond motifs is 1. The smallest absolute Gasteiger partial charge is 0.332 e. The summed E-state index contributed by atoms with van der Waals surface area (Å²) in [6.45, 7) is 3.17. The molecule has 0 fully saturated rings. The molecule has 0 bridgehead atoms. The van der Waals surface area contributed by atoms with E-state index in [1.165, 1.54) is 6.92 Å². The van der Waals surface area contributed by atoms with E-state index in [9.17, 15) is 9.59 Å². The van der Waals surface area contributed by atoms with Crippen molar-refractivity contribution < 1.29 is 19.4 Å². The first kappa shape index (κ1) is 13.5. The molecule has 1 heterocycles. The lowest BCUT2D eigenvalue weighted by atomic mass is 10.1. The van der Waals surface area contributed by atoms with Gasteiger partial charge in [0.2, 0.25) is 0 Å². The minimum Gasteiger partial charge on any atom is -0.479 e. The summed E-state index contributed by atoms with van der Waals surface area (Å²) in [4.78, 5) is 24.5. The summed E-state index contributed by atoms with van der Waals surface area (Å²) in [6.07, 6.45) is -0.159. The number of amides is 1. The highest BCUT2D eigenvalue weighted by Gasteiger charge is 2.30. The van der Waals surface area contributed by atoms with Gasteiger partial charge in [-0.3, -0.25) is 4.79 Å². The van der Waals surface area contributed by atoms with Gasteiger partial charge in [0.1, 0.15) is 6.61 Å². The molecule has 1 unspecified atom stereocenters. The van der Waals surface area contributed by atoms with Crippen LogP contribution in [-0.2, 0) is 20.7 Å². The van der Waals surface area contributed by atoms with Crippen LogP contribution in [0.3, 0.4) is 0 Å². The van der Waals surface area contributed by atoms with E-state index in [4.69, 9.17) is 9.84 Å². The van der Waals surface area contributed by atoms with E-state index in [-0.39, 0.29) is 18.6 Å². The van der Waals surface area contributed by atoms with Gasteiger partial charge in [0.05, 0.1) is 0 Å². The minimum atomic E-state index is -1.07. The first-order valence-electron chi connectivity index (χ1n) is 6.25. The summed E-state index contributed by atoms with van der Waals surface area (Å²) >= 11 is 0. The molecule has 0 saturated heterocycles. The Morgan fingerprint density at radius 2 is 2.16 bits per heavy atom. The van der Waals surface area contributed by atoms with E-state index in [1.807, 2.05) is 31.2 Å². The van der Waals surface area contributed by atoms with Crippen LogP contribution in [0, 0.1) is 0 Å². The summed E-state index contributed by atoms with van der Waals surface area (Å²) in [5, 5.41) is 8.72. The number of carbonyl (C=O) groups is 2. The first-order chi connectivity index (χ1) is 9.00. The van der Waals surface area contributed by atoms with Crippen molar-refractivity contribution in [2.45, 2.75) is 32.4 Å². The lowest BCUT2D eigenvalue weighted by Gasteiger charge is -2.23. The Hall–Kier alpha value is -1.88. The van der Waals surface area contributed by atoms with Crippen LogP contribution in [-0.4, -0.2) is 35.7 Å². The van der Waals surface area contributed by atoms with E-state index >= 15 is 0 Å². The van der Waals surface area contributed by atoms with E-state index in [1.54, 1.807) is 4.90 Å². The van der Waals surface area contributed by atoms with Gasteiger partial charge in [0.15, 0.2) is 6.10 Å². The summed E-state index contributed by atoms with van der Waals surface area (Å²) in [5.41, 5.74) is 2.03. The fraction of sp³-hybridized carbons (Fsp3) is 0.429. The Morgan fingerprint density at radius 1 is 1.47 bits per heavy atom. The number of carboxylic acid groups (broad SMARTS) is 1. The van der Waals surface area contributed by atoms with Crippen molar-refractivity contribution in [1.82, 2.24) is 0 Å². The van der Waals surface area contributed by atoms with Crippen LogP contribution >= 0.6 is 0 Å². The second-order valence-electron chi connectivity index (χ2n) is 4.74. The number of benzene rings is 1. The summed E-state index contributed by atoms with van der Waals surface area (Å²) < 4.78 is 5.05. The fourth-order valence-corrected chi connectivity index (χ4v) is 2.28. The lowest BCUT2D eigenvalue weighted by Crippen LogP contribution is -2.39. The SMILES string of the molecule is CC1Cc2ccccc2N1C(=O)CO[C@H](C)C(=O)O. The minimum absolute atomic E-state index is 0.0774. The standard InChI is InChI=1S/C14H17NO4/c1-9-7-11-5-3-4-6-12(11)15(9)13(16)8-19-10(2)14(17)18/h3-6,9-10H,7-8H2,1-2H3,(H,17,18)/t9?,10-/m1/s1. The average Bonchev–Trinajstić information content (AvgIpc) is 2.71. The monoisotopic (exact) mass is 263 g/mol. The lowest BCUT2D eigenvalue weighted by molar-refractivity contribution is -0.150. The highest BCUT2D eigenvalue weighted by atomic mass is 16.5. The largest absolute Gasteiger partial charge is 0.479 e. The zero-order valence-corrected chi connectivity index (χ0v) is 11.0. The molecule has 5 nitrogen and oxygen atoms in total. The predicted octanol–water partition coefficient (Wildman–Crippen LogP) is 1.45. The number of anilines is 1. The maximum atomic E-state index is 12.2. The molecule has 5 heteroatoms. The Kier molecular flexibility index (Phi) is 3.85. The molecule has 0 radical (unpaired) electrons. The number of carboxylic acids is 1. The number of rotatable bonds is 4.